The van der Waals surface area contributed by atoms with E-state index in [1.807, 2.05) is 11.9 Å². The standard InChI is InChI=1S/C5H12N2O3S.ClH/c1-6-2-4-7(5-3-6)11(8,9)10;/h2-5H2,1H3,(H,8,9,10);1H. The van der Waals surface area contributed by atoms with Gasteiger partial charge in [-0.1, -0.05) is 0 Å². The summed E-state index contributed by atoms with van der Waals surface area (Å²) < 4.78 is 30.8. The Hall–Kier alpha value is 0.120. The van der Waals surface area contributed by atoms with Crippen molar-refractivity contribution in [2.24, 2.45) is 0 Å². The molecule has 1 rings (SSSR count). The Bertz CT molecular complexity index is 223. The summed E-state index contributed by atoms with van der Waals surface area (Å²) >= 11 is 0. The largest absolute Gasteiger partial charge is 0.335 e. The minimum atomic E-state index is -3.94. The second kappa shape index (κ2) is 4.38. The van der Waals surface area contributed by atoms with Crippen molar-refractivity contribution < 1.29 is 13.0 Å². The van der Waals surface area contributed by atoms with Crippen LogP contribution in [0, 0.1) is 0 Å². The normalized spacial score (nSPS) is 21.8. The van der Waals surface area contributed by atoms with Crippen molar-refractivity contribution in [3.63, 3.8) is 0 Å². The topological polar surface area (TPSA) is 60.9 Å². The second-order valence-electron chi connectivity index (χ2n) is 2.68. The summed E-state index contributed by atoms with van der Waals surface area (Å²) in [6.07, 6.45) is 0. The highest BCUT2D eigenvalue weighted by molar-refractivity contribution is 7.83. The molecule has 0 radical (unpaired) electrons. The lowest BCUT2D eigenvalue weighted by atomic mass is 10.4. The Morgan fingerprint density at radius 1 is 1.17 bits per heavy atom. The number of nitrogens with zero attached hydrogens (tertiary/aromatic N) is 2. The fourth-order valence-corrected chi connectivity index (χ4v) is 1.64. The van der Waals surface area contributed by atoms with Gasteiger partial charge in [0.05, 0.1) is 0 Å². The number of halogens is 1. The summed E-state index contributed by atoms with van der Waals surface area (Å²) in [6, 6.07) is 0. The van der Waals surface area contributed by atoms with Crippen LogP contribution in [0.4, 0.5) is 0 Å². The lowest BCUT2D eigenvalue weighted by molar-refractivity contribution is 0.210. The summed E-state index contributed by atoms with van der Waals surface area (Å²) in [6.45, 7) is 2.13. The van der Waals surface area contributed by atoms with Crippen LogP contribution < -0.4 is 0 Å². The van der Waals surface area contributed by atoms with Gasteiger partial charge in [-0.15, -0.1) is 12.4 Å². The van der Waals surface area contributed by atoms with Gasteiger partial charge in [-0.3, -0.25) is 4.55 Å². The molecular formula is C5H13ClN2O3S. The van der Waals surface area contributed by atoms with Gasteiger partial charge in [-0.2, -0.15) is 12.7 Å². The zero-order valence-electron chi connectivity index (χ0n) is 6.80. The van der Waals surface area contributed by atoms with Gasteiger partial charge in [0.2, 0.25) is 0 Å². The van der Waals surface area contributed by atoms with Crippen LogP contribution in [-0.2, 0) is 10.3 Å². The molecule has 0 bridgehead atoms. The van der Waals surface area contributed by atoms with Crippen LogP contribution in [0.2, 0.25) is 0 Å². The highest BCUT2D eigenvalue weighted by Crippen LogP contribution is 2.02. The van der Waals surface area contributed by atoms with Gasteiger partial charge in [0.1, 0.15) is 0 Å². The molecule has 74 valence electrons. The Morgan fingerprint density at radius 2 is 1.58 bits per heavy atom. The Morgan fingerprint density at radius 3 is 1.92 bits per heavy atom. The molecule has 0 aromatic heterocycles. The summed E-state index contributed by atoms with van der Waals surface area (Å²) in [5, 5.41) is 0. The lowest BCUT2D eigenvalue weighted by Gasteiger charge is -2.29. The molecule has 0 unspecified atom stereocenters. The molecule has 1 aliphatic rings. The van der Waals surface area contributed by atoms with Crippen LogP contribution in [0.5, 0.6) is 0 Å². The van der Waals surface area contributed by atoms with Gasteiger partial charge in [-0.25, -0.2) is 0 Å². The van der Waals surface area contributed by atoms with Crippen LogP contribution in [0.3, 0.4) is 0 Å². The van der Waals surface area contributed by atoms with Gasteiger partial charge in [-0.05, 0) is 7.05 Å². The molecule has 0 aromatic carbocycles. The molecule has 0 amide bonds. The molecule has 1 aliphatic heterocycles. The molecule has 0 saturated carbocycles. The van der Waals surface area contributed by atoms with E-state index in [0.717, 1.165) is 4.31 Å². The van der Waals surface area contributed by atoms with Gasteiger partial charge in [0.15, 0.2) is 0 Å². The van der Waals surface area contributed by atoms with E-state index < -0.39 is 10.3 Å². The van der Waals surface area contributed by atoms with Crippen molar-refractivity contribution in [2.75, 3.05) is 33.2 Å². The highest BCUT2D eigenvalue weighted by Gasteiger charge is 2.22. The van der Waals surface area contributed by atoms with Crippen molar-refractivity contribution in [3.05, 3.63) is 0 Å². The first-order valence-electron chi connectivity index (χ1n) is 3.41. The van der Waals surface area contributed by atoms with Crippen LogP contribution in [-0.4, -0.2) is 55.4 Å². The van der Waals surface area contributed by atoms with Crippen molar-refractivity contribution in [2.45, 2.75) is 0 Å². The van der Waals surface area contributed by atoms with Gasteiger partial charge in [0.25, 0.3) is 0 Å². The highest BCUT2D eigenvalue weighted by atomic mass is 35.5. The minimum absolute atomic E-state index is 0. The quantitative estimate of drug-likeness (QED) is 0.598. The first-order chi connectivity index (χ1) is 5.00. The minimum Gasteiger partial charge on any atom is -0.304 e. The summed E-state index contributed by atoms with van der Waals surface area (Å²) in [5.74, 6) is 0. The zero-order chi connectivity index (χ0) is 8.48. The predicted octanol–water partition coefficient (Wildman–Crippen LogP) is -0.542. The van der Waals surface area contributed by atoms with Gasteiger partial charge in [0, 0.05) is 26.2 Å². The maximum atomic E-state index is 10.6. The van der Waals surface area contributed by atoms with E-state index in [-0.39, 0.29) is 12.4 Å². The molecule has 1 saturated heterocycles. The molecular weight excluding hydrogens is 204 g/mol. The first-order valence-corrected chi connectivity index (χ1v) is 4.81. The SMILES string of the molecule is CN1CCN(S(=O)(=O)O)CC1.Cl. The Balaban J connectivity index is 0.00000121. The molecule has 1 heterocycles. The third-order valence-corrected chi connectivity index (χ3v) is 2.81. The van der Waals surface area contributed by atoms with Crippen molar-refractivity contribution >= 4 is 22.7 Å². The maximum absolute atomic E-state index is 10.6. The molecule has 7 heteroatoms. The van der Waals surface area contributed by atoms with E-state index in [4.69, 9.17) is 4.55 Å². The van der Waals surface area contributed by atoms with Gasteiger partial charge < -0.3 is 4.90 Å². The lowest BCUT2D eigenvalue weighted by Crippen LogP contribution is -2.46. The average molecular weight is 217 g/mol. The summed E-state index contributed by atoms with van der Waals surface area (Å²) in [5.41, 5.74) is 0. The van der Waals surface area contributed by atoms with Crippen LogP contribution in [0.25, 0.3) is 0 Å². The third kappa shape index (κ3) is 3.24. The van der Waals surface area contributed by atoms with E-state index in [1.54, 1.807) is 0 Å². The molecule has 1 N–H and O–H groups in total. The second-order valence-corrected chi connectivity index (χ2v) is 4.09. The smallest absolute Gasteiger partial charge is 0.304 e. The maximum Gasteiger partial charge on any atom is 0.335 e. The molecule has 1 fully saturated rings. The zero-order valence-corrected chi connectivity index (χ0v) is 8.44. The number of likely N-dealkylation sites (N-methyl/N-ethyl adjacent to an activating group) is 1. The molecule has 5 nitrogen and oxygen atoms in total. The fourth-order valence-electron chi connectivity index (χ4n) is 1.02. The number of piperazine rings is 1. The molecule has 0 aliphatic carbocycles. The van der Waals surface area contributed by atoms with E-state index >= 15 is 0 Å². The predicted molar refractivity (Wildman–Crippen MR) is 47.9 cm³/mol. The molecule has 0 spiro atoms. The summed E-state index contributed by atoms with van der Waals surface area (Å²) in [7, 11) is -2.02. The third-order valence-electron chi connectivity index (χ3n) is 1.79. The van der Waals surface area contributed by atoms with Crippen LogP contribution >= 0.6 is 12.4 Å². The van der Waals surface area contributed by atoms with Crippen molar-refractivity contribution in [3.8, 4) is 0 Å². The summed E-state index contributed by atoms with van der Waals surface area (Å²) in [4.78, 5) is 2.02. The molecule has 0 atom stereocenters. The fraction of sp³-hybridized carbons (Fsp3) is 1.00. The number of hydrogen-bond acceptors (Lipinski definition) is 3. The van der Waals surface area contributed by atoms with E-state index in [9.17, 15) is 8.42 Å². The van der Waals surface area contributed by atoms with Crippen LogP contribution in [0.15, 0.2) is 0 Å². The monoisotopic (exact) mass is 216 g/mol. The van der Waals surface area contributed by atoms with E-state index in [2.05, 4.69) is 0 Å². The van der Waals surface area contributed by atoms with E-state index in [0.29, 0.717) is 26.2 Å². The first kappa shape index (κ1) is 12.1. The number of hydrogen-bond donors (Lipinski definition) is 1. The van der Waals surface area contributed by atoms with Crippen LogP contribution in [0.1, 0.15) is 0 Å². The van der Waals surface area contributed by atoms with Gasteiger partial charge >= 0.3 is 10.3 Å². The van der Waals surface area contributed by atoms with Crippen molar-refractivity contribution in [1.29, 1.82) is 0 Å². The Kier molecular flexibility index (Phi) is 4.43. The Labute approximate surface area is 78.6 Å². The molecule has 12 heavy (non-hydrogen) atoms. The average Bonchev–Trinajstić information content (AvgIpc) is 1.86. The van der Waals surface area contributed by atoms with E-state index in [1.165, 1.54) is 0 Å². The number of rotatable bonds is 1. The van der Waals surface area contributed by atoms with Crippen molar-refractivity contribution in [1.82, 2.24) is 9.21 Å². The molecule has 0 aromatic rings.